The van der Waals surface area contributed by atoms with E-state index in [0.717, 1.165) is 22.8 Å². The van der Waals surface area contributed by atoms with Crippen molar-refractivity contribution in [2.45, 2.75) is 18.1 Å². The normalized spacial score (nSPS) is 16.0. The molecule has 25 heavy (non-hydrogen) atoms. The molecule has 1 fully saturated rings. The monoisotopic (exact) mass is 382 g/mol. The zero-order chi connectivity index (χ0) is 18.0. The number of nitrogens with zero attached hydrogens (tertiary/aromatic N) is 5. The summed E-state index contributed by atoms with van der Waals surface area (Å²) < 4.78 is 27.0. The quantitative estimate of drug-likeness (QED) is 0.829. The van der Waals surface area contributed by atoms with Crippen LogP contribution >= 0.6 is 11.3 Å². The molecule has 1 aliphatic rings. The molecule has 0 spiro atoms. The van der Waals surface area contributed by atoms with Gasteiger partial charge in [0.1, 0.15) is 0 Å². The Morgan fingerprint density at radius 1 is 1.20 bits per heavy atom. The topological polar surface area (TPSA) is 108 Å². The van der Waals surface area contributed by atoms with Crippen molar-refractivity contribution in [3.63, 3.8) is 0 Å². The third-order valence-electron chi connectivity index (χ3n) is 3.71. The van der Waals surface area contributed by atoms with E-state index in [0.29, 0.717) is 26.2 Å². The lowest BCUT2D eigenvalue weighted by molar-refractivity contribution is -0.114. The molecular weight excluding hydrogens is 364 g/mol. The number of carbonyl (C=O) groups is 1. The number of hydrogen-bond acceptors (Lipinski definition) is 8. The summed E-state index contributed by atoms with van der Waals surface area (Å²) in [6, 6.07) is 3.77. The van der Waals surface area contributed by atoms with Gasteiger partial charge in [0.15, 0.2) is 15.2 Å². The SMILES string of the molecule is CC(=O)Nc1ncc(S(=O)(=O)N2CCN(c3ccc(C)nn3)CC2)s1. The molecule has 3 heterocycles. The maximum atomic E-state index is 12.7. The van der Waals surface area contributed by atoms with Crippen molar-refractivity contribution in [1.29, 1.82) is 0 Å². The first kappa shape index (κ1) is 17.7. The summed E-state index contributed by atoms with van der Waals surface area (Å²) >= 11 is 0.952. The summed E-state index contributed by atoms with van der Waals surface area (Å²) in [7, 11) is -3.61. The number of thiazole rings is 1. The zero-order valence-electron chi connectivity index (χ0n) is 13.8. The summed E-state index contributed by atoms with van der Waals surface area (Å²) in [6.45, 7) is 4.99. The summed E-state index contributed by atoms with van der Waals surface area (Å²) in [5, 5.41) is 10.9. The van der Waals surface area contributed by atoms with Gasteiger partial charge in [-0.3, -0.25) is 4.79 Å². The van der Waals surface area contributed by atoms with Gasteiger partial charge >= 0.3 is 0 Å². The number of aromatic nitrogens is 3. The number of nitrogens with one attached hydrogen (secondary N) is 1. The second-order valence-corrected chi connectivity index (χ2v) is 8.79. The van der Waals surface area contributed by atoms with Gasteiger partial charge in [0.05, 0.1) is 11.9 Å². The maximum absolute atomic E-state index is 12.7. The molecule has 0 aliphatic carbocycles. The van der Waals surface area contributed by atoms with Crippen LogP contribution in [0.3, 0.4) is 0 Å². The molecule has 1 aliphatic heterocycles. The van der Waals surface area contributed by atoms with Crippen molar-refractivity contribution >= 4 is 38.2 Å². The van der Waals surface area contributed by atoms with Crippen LogP contribution in [-0.2, 0) is 14.8 Å². The molecule has 3 rings (SSSR count). The van der Waals surface area contributed by atoms with E-state index in [1.165, 1.54) is 17.4 Å². The van der Waals surface area contributed by atoms with Crippen LogP contribution in [0.5, 0.6) is 0 Å². The van der Waals surface area contributed by atoms with Crippen molar-refractivity contribution < 1.29 is 13.2 Å². The average Bonchev–Trinajstić information content (AvgIpc) is 3.04. The van der Waals surface area contributed by atoms with Gasteiger partial charge in [-0.15, -0.1) is 5.10 Å². The van der Waals surface area contributed by atoms with Crippen LogP contribution in [0.15, 0.2) is 22.5 Å². The fraction of sp³-hybridized carbons (Fsp3) is 0.429. The number of aryl methyl sites for hydroxylation is 1. The minimum atomic E-state index is -3.61. The molecule has 0 aromatic carbocycles. The third-order valence-corrected chi connectivity index (χ3v) is 6.96. The second kappa shape index (κ2) is 7.02. The summed E-state index contributed by atoms with van der Waals surface area (Å²) in [4.78, 5) is 17.0. The van der Waals surface area contributed by atoms with Crippen molar-refractivity contribution in [2.24, 2.45) is 0 Å². The first-order chi connectivity index (χ1) is 11.9. The van der Waals surface area contributed by atoms with Crippen molar-refractivity contribution in [3.8, 4) is 0 Å². The van der Waals surface area contributed by atoms with Gasteiger partial charge in [-0.05, 0) is 19.1 Å². The van der Waals surface area contributed by atoms with Crippen LogP contribution in [0.25, 0.3) is 0 Å². The Kier molecular flexibility index (Phi) is 4.97. The first-order valence-corrected chi connectivity index (χ1v) is 9.91. The molecule has 134 valence electrons. The number of sulfonamides is 1. The molecule has 0 bridgehead atoms. The zero-order valence-corrected chi connectivity index (χ0v) is 15.5. The highest BCUT2D eigenvalue weighted by Crippen LogP contribution is 2.27. The minimum absolute atomic E-state index is 0.125. The van der Waals surface area contributed by atoms with Gasteiger partial charge in [0.25, 0.3) is 10.0 Å². The summed E-state index contributed by atoms with van der Waals surface area (Å²) in [5.74, 6) is 0.458. The van der Waals surface area contributed by atoms with Crippen molar-refractivity contribution in [2.75, 3.05) is 36.4 Å². The van der Waals surface area contributed by atoms with Gasteiger partial charge in [0, 0.05) is 33.1 Å². The highest BCUT2D eigenvalue weighted by atomic mass is 32.2. The Hall–Kier alpha value is -2.11. The predicted octanol–water partition coefficient (Wildman–Crippen LogP) is 0.711. The molecule has 11 heteroatoms. The fourth-order valence-corrected chi connectivity index (χ4v) is 5.09. The van der Waals surface area contributed by atoms with Crippen LogP contribution < -0.4 is 10.2 Å². The smallest absolute Gasteiger partial charge is 0.254 e. The van der Waals surface area contributed by atoms with E-state index in [4.69, 9.17) is 0 Å². The van der Waals surface area contributed by atoms with Crippen LogP contribution in [0.4, 0.5) is 10.9 Å². The number of piperazine rings is 1. The van der Waals surface area contributed by atoms with Crippen molar-refractivity contribution in [1.82, 2.24) is 19.5 Å². The average molecular weight is 382 g/mol. The van der Waals surface area contributed by atoms with Gasteiger partial charge in [-0.25, -0.2) is 13.4 Å². The molecular formula is C14H18N6O3S2. The highest BCUT2D eigenvalue weighted by molar-refractivity contribution is 7.91. The molecule has 2 aromatic heterocycles. The molecule has 9 nitrogen and oxygen atoms in total. The molecule has 0 saturated carbocycles. The number of rotatable bonds is 4. The number of carbonyl (C=O) groups excluding carboxylic acids is 1. The summed E-state index contributed by atoms with van der Waals surface area (Å²) in [6.07, 6.45) is 1.28. The minimum Gasteiger partial charge on any atom is -0.352 e. The molecule has 0 atom stereocenters. The summed E-state index contributed by atoms with van der Waals surface area (Å²) in [5.41, 5.74) is 0.838. The van der Waals surface area contributed by atoms with Crippen LogP contribution in [-0.4, -0.2) is 60.0 Å². The third kappa shape index (κ3) is 3.94. The Morgan fingerprint density at radius 3 is 2.52 bits per heavy atom. The van der Waals surface area contributed by atoms with E-state index >= 15 is 0 Å². The van der Waals surface area contributed by atoms with Gasteiger partial charge < -0.3 is 10.2 Å². The lowest BCUT2D eigenvalue weighted by Crippen LogP contribution is -2.48. The second-order valence-electron chi connectivity index (χ2n) is 5.59. The maximum Gasteiger partial charge on any atom is 0.254 e. The Bertz CT molecular complexity index is 857. The van der Waals surface area contributed by atoms with Gasteiger partial charge in [-0.1, -0.05) is 11.3 Å². The van der Waals surface area contributed by atoms with E-state index < -0.39 is 10.0 Å². The van der Waals surface area contributed by atoms with Crippen LogP contribution in [0.2, 0.25) is 0 Å². The Morgan fingerprint density at radius 2 is 1.92 bits per heavy atom. The molecule has 1 amide bonds. The van der Waals surface area contributed by atoms with Crippen LogP contribution in [0.1, 0.15) is 12.6 Å². The Balaban J connectivity index is 1.68. The number of anilines is 2. The number of hydrogen-bond donors (Lipinski definition) is 1. The largest absolute Gasteiger partial charge is 0.352 e. The lowest BCUT2D eigenvalue weighted by atomic mass is 10.3. The fourth-order valence-electron chi connectivity index (χ4n) is 2.43. The molecule has 1 saturated heterocycles. The predicted molar refractivity (Wildman–Crippen MR) is 94.2 cm³/mol. The van der Waals surface area contributed by atoms with E-state index in [1.54, 1.807) is 0 Å². The van der Waals surface area contributed by atoms with E-state index in [1.807, 2.05) is 24.0 Å². The van der Waals surface area contributed by atoms with Gasteiger partial charge in [-0.2, -0.15) is 9.40 Å². The lowest BCUT2D eigenvalue weighted by Gasteiger charge is -2.34. The van der Waals surface area contributed by atoms with Gasteiger partial charge in [0.2, 0.25) is 5.91 Å². The number of amides is 1. The first-order valence-electron chi connectivity index (χ1n) is 7.65. The standard InChI is InChI=1S/C14H18N6O3S2/c1-10-3-4-12(18-17-10)19-5-7-20(8-6-19)25(22,23)13-9-15-14(24-13)16-11(2)21/h3-4,9H,5-8H2,1-2H3,(H,15,16,21). The van der Waals surface area contributed by atoms with Crippen LogP contribution in [0, 0.1) is 6.92 Å². The van der Waals surface area contributed by atoms with Crippen molar-refractivity contribution in [3.05, 3.63) is 24.0 Å². The Labute approximate surface area is 149 Å². The molecule has 0 unspecified atom stereocenters. The van der Waals surface area contributed by atoms with E-state index in [-0.39, 0.29) is 15.2 Å². The van der Waals surface area contributed by atoms with E-state index in [9.17, 15) is 13.2 Å². The molecule has 2 aromatic rings. The molecule has 1 N–H and O–H groups in total. The van der Waals surface area contributed by atoms with E-state index in [2.05, 4.69) is 20.5 Å². The highest BCUT2D eigenvalue weighted by Gasteiger charge is 2.30. The molecule has 0 radical (unpaired) electrons.